The summed E-state index contributed by atoms with van der Waals surface area (Å²) in [4.78, 5) is 24.4. The summed E-state index contributed by atoms with van der Waals surface area (Å²) in [6, 6.07) is 0.962. The zero-order chi connectivity index (χ0) is 12.3. The standard InChI is InChI=1S/C10H16N2O4/c1-4-16-10(2,3)6-12-8(14)5-7(13)11-9(12)15/h5,14H,4,6H2,1-3H3,(H,11,13,15). The maximum absolute atomic E-state index is 11.4. The first-order valence-electron chi connectivity index (χ1n) is 5.03. The van der Waals surface area contributed by atoms with Crippen molar-refractivity contribution in [3.63, 3.8) is 0 Å². The maximum atomic E-state index is 11.4. The number of nitrogens with zero attached hydrogens (tertiary/aromatic N) is 1. The molecule has 0 aliphatic heterocycles. The van der Waals surface area contributed by atoms with E-state index in [-0.39, 0.29) is 12.4 Å². The minimum atomic E-state index is -0.641. The van der Waals surface area contributed by atoms with E-state index in [1.165, 1.54) is 0 Å². The summed E-state index contributed by atoms with van der Waals surface area (Å²) < 4.78 is 6.48. The molecule has 1 heterocycles. The van der Waals surface area contributed by atoms with Gasteiger partial charge >= 0.3 is 5.69 Å². The van der Waals surface area contributed by atoms with Crippen LogP contribution in [-0.4, -0.2) is 26.9 Å². The predicted molar refractivity (Wildman–Crippen MR) is 58.7 cm³/mol. The molecule has 0 unspecified atom stereocenters. The van der Waals surface area contributed by atoms with Gasteiger partial charge in [-0.3, -0.25) is 14.3 Å². The number of nitrogens with one attached hydrogen (secondary N) is 1. The number of aromatic hydroxyl groups is 1. The number of H-pyrrole nitrogens is 1. The summed E-state index contributed by atoms with van der Waals surface area (Å²) in [5.41, 5.74) is -1.85. The first kappa shape index (κ1) is 12.5. The number of aromatic nitrogens is 2. The highest BCUT2D eigenvalue weighted by molar-refractivity contribution is 5.06. The minimum Gasteiger partial charge on any atom is -0.494 e. The van der Waals surface area contributed by atoms with E-state index in [0.717, 1.165) is 10.6 Å². The summed E-state index contributed by atoms with van der Waals surface area (Å²) in [6.45, 7) is 6.12. The van der Waals surface area contributed by atoms with Crippen molar-refractivity contribution in [1.29, 1.82) is 0 Å². The van der Waals surface area contributed by atoms with Crippen molar-refractivity contribution in [2.24, 2.45) is 0 Å². The fourth-order valence-corrected chi connectivity index (χ4v) is 1.48. The fraction of sp³-hybridized carbons (Fsp3) is 0.600. The Hall–Kier alpha value is -1.56. The lowest BCUT2D eigenvalue weighted by atomic mass is 10.1. The van der Waals surface area contributed by atoms with E-state index in [1.54, 1.807) is 13.8 Å². The number of hydrogen-bond donors (Lipinski definition) is 2. The van der Waals surface area contributed by atoms with Crippen LogP contribution in [0.25, 0.3) is 0 Å². The quantitative estimate of drug-likeness (QED) is 0.763. The van der Waals surface area contributed by atoms with E-state index in [4.69, 9.17) is 4.74 Å². The number of hydrogen-bond acceptors (Lipinski definition) is 4. The molecule has 2 N–H and O–H groups in total. The summed E-state index contributed by atoms with van der Waals surface area (Å²) >= 11 is 0. The molecule has 0 fully saturated rings. The van der Waals surface area contributed by atoms with Crippen LogP contribution in [0.1, 0.15) is 20.8 Å². The number of ether oxygens (including phenoxy) is 1. The van der Waals surface area contributed by atoms with Crippen molar-refractivity contribution in [2.75, 3.05) is 6.61 Å². The van der Waals surface area contributed by atoms with E-state index in [1.807, 2.05) is 6.92 Å². The first-order valence-corrected chi connectivity index (χ1v) is 5.03. The van der Waals surface area contributed by atoms with Crippen LogP contribution < -0.4 is 11.2 Å². The second-order valence-electron chi connectivity index (χ2n) is 4.08. The number of rotatable bonds is 4. The monoisotopic (exact) mass is 228 g/mol. The third kappa shape index (κ3) is 2.96. The van der Waals surface area contributed by atoms with Gasteiger partial charge in [-0.25, -0.2) is 4.79 Å². The van der Waals surface area contributed by atoms with Gasteiger partial charge in [-0.05, 0) is 20.8 Å². The van der Waals surface area contributed by atoms with Gasteiger partial charge in [0.05, 0.1) is 18.2 Å². The largest absolute Gasteiger partial charge is 0.494 e. The molecule has 0 bridgehead atoms. The molecule has 6 nitrogen and oxygen atoms in total. The van der Waals surface area contributed by atoms with Crippen LogP contribution in [-0.2, 0) is 11.3 Å². The van der Waals surface area contributed by atoms with Crippen LogP contribution in [0.2, 0.25) is 0 Å². The van der Waals surface area contributed by atoms with Crippen molar-refractivity contribution in [2.45, 2.75) is 32.9 Å². The van der Waals surface area contributed by atoms with Gasteiger partial charge in [0.1, 0.15) is 0 Å². The molecule has 6 heteroatoms. The molecule has 0 saturated carbocycles. The Labute approximate surface area is 92.5 Å². The van der Waals surface area contributed by atoms with E-state index in [2.05, 4.69) is 4.98 Å². The molecule has 0 atom stereocenters. The van der Waals surface area contributed by atoms with Crippen LogP contribution in [0.3, 0.4) is 0 Å². The Morgan fingerprint density at radius 3 is 2.62 bits per heavy atom. The van der Waals surface area contributed by atoms with Crippen molar-refractivity contribution >= 4 is 0 Å². The normalized spacial score (nSPS) is 11.7. The van der Waals surface area contributed by atoms with Crippen LogP contribution >= 0.6 is 0 Å². The molecule has 0 amide bonds. The van der Waals surface area contributed by atoms with Crippen molar-refractivity contribution in [3.8, 4) is 5.88 Å². The molecule has 0 aromatic carbocycles. The van der Waals surface area contributed by atoms with Gasteiger partial charge in [0, 0.05) is 6.61 Å². The topological polar surface area (TPSA) is 84.3 Å². The van der Waals surface area contributed by atoms with Crippen LogP contribution in [0, 0.1) is 0 Å². The summed E-state index contributed by atoms with van der Waals surface area (Å²) in [6.07, 6.45) is 0. The highest BCUT2D eigenvalue weighted by atomic mass is 16.5. The van der Waals surface area contributed by atoms with E-state index in [0.29, 0.717) is 6.61 Å². The van der Waals surface area contributed by atoms with Gasteiger partial charge < -0.3 is 9.84 Å². The summed E-state index contributed by atoms with van der Waals surface area (Å²) in [5.74, 6) is -0.360. The molecule has 0 aliphatic rings. The molecule has 0 saturated heterocycles. The van der Waals surface area contributed by atoms with E-state index in [9.17, 15) is 14.7 Å². The Morgan fingerprint density at radius 2 is 2.12 bits per heavy atom. The molecule has 1 aromatic rings. The average Bonchev–Trinajstić information content (AvgIpc) is 2.11. The highest BCUT2D eigenvalue weighted by Crippen LogP contribution is 2.13. The summed E-state index contributed by atoms with van der Waals surface area (Å²) in [5, 5.41) is 9.49. The molecule has 0 aliphatic carbocycles. The average molecular weight is 228 g/mol. The van der Waals surface area contributed by atoms with Gasteiger partial charge in [0.25, 0.3) is 5.56 Å². The van der Waals surface area contributed by atoms with Crippen LogP contribution in [0.15, 0.2) is 15.7 Å². The van der Waals surface area contributed by atoms with Crippen molar-refractivity contribution in [3.05, 3.63) is 26.9 Å². The van der Waals surface area contributed by atoms with Crippen molar-refractivity contribution < 1.29 is 9.84 Å². The van der Waals surface area contributed by atoms with E-state index >= 15 is 0 Å². The SMILES string of the molecule is CCOC(C)(C)Cn1c(O)cc(=O)[nH]c1=O. The molecule has 0 spiro atoms. The molecule has 16 heavy (non-hydrogen) atoms. The van der Waals surface area contributed by atoms with Crippen LogP contribution in [0.4, 0.5) is 0 Å². The third-order valence-electron chi connectivity index (χ3n) is 2.09. The molecule has 90 valence electrons. The lowest BCUT2D eigenvalue weighted by Gasteiger charge is -2.25. The zero-order valence-electron chi connectivity index (χ0n) is 9.61. The second kappa shape index (κ2) is 4.52. The lowest BCUT2D eigenvalue weighted by molar-refractivity contribution is -0.0245. The molecule has 0 radical (unpaired) electrons. The Bertz CT molecular complexity index is 472. The first-order chi connectivity index (χ1) is 7.35. The Balaban J connectivity index is 3.07. The van der Waals surface area contributed by atoms with E-state index < -0.39 is 16.9 Å². The predicted octanol–water partition coefficient (Wildman–Crippen LogP) is 0.0573. The second-order valence-corrected chi connectivity index (χ2v) is 4.08. The molecular formula is C10H16N2O4. The summed E-state index contributed by atoms with van der Waals surface area (Å²) in [7, 11) is 0. The van der Waals surface area contributed by atoms with Crippen LogP contribution in [0.5, 0.6) is 5.88 Å². The smallest absolute Gasteiger partial charge is 0.331 e. The Kier molecular flexibility index (Phi) is 3.54. The van der Waals surface area contributed by atoms with Gasteiger partial charge in [0.2, 0.25) is 5.88 Å². The zero-order valence-corrected chi connectivity index (χ0v) is 9.61. The van der Waals surface area contributed by atoms with Gasteiger partial charge in [-0.2, -0.15) is 0 Å². The Morgan fingerprint density at radius 1 is 1.50 bits per heavy atom. The van der Waals surface area contributed by atoms with Gasteiger partial charge in [0.15, 0.2) is 0 Å². The van der Waals surface area contributed by atoms with Gasteiger partial charge in [-0.1, -0.05) is 0 Å². The highest BCUT2D eigenvalue weighted by Gasteiger charge is 2.20. The molecule has 1 rings (SSSR count). The number of aromatic amines is 1. The lowest BCUT2D eigenvalue weighted by Crippen LogP contribution is -2.38. The molecular weight excluding hydrogens is 212 g/mol. The minimum absolute atomic E-state index is 0.169. The molecule has 1 aromatic heterocycles. The van der Waals surface area contributed by atoms with Crippen molar-refractivity contribution in [1.82, 2.24) is 9.55 Å². The van der Waals surface area contributed by atoms with Gasteiger partial charge in [-0.15, -0.1) is 0 Å². The maximum Gasteiger partial charge on any atom is 0.331 e. The fourth-order valence-electron chi connectivity index (χ4n) is 1.48. The third-order valence-corrected chi connectivity index (χ3v) is 2.09.